The third-order valence-corrected chi connectivity index (χ3v) is 2.57. The number of hydrogen-bond donors (Lipinski definition) is 1. The molecule has 0 bridgehead atoms. The molecule has 0 aromatic carbocycles. The minimum absolute atomic E-state index is 0.0493. The molecule has 0 aliphatic heterocycles. The summed E-state index contributed by atoms with van der Waals surface area (Å²) in [5.74, 6) is -0.816. The largest absolute Gasteiger partial charge is 0.480 e. The molecular formula is C13H22N2O2. The first-order valence-electron chi connectivity index (χ1n) is 5.87. The standard InChI is InChI=1S/C13H22N2O2/c1-4-8-15(10-12(16)17)9-6-5-7-13(2,3)11-14/h4H,1,5-10H2,2-3H3,(H,16,17). The minimum atomic E-state index is -0.816. The summed E-state index contributed by atoms with van der Waals surface area (Å²) in [5, 5.41) is 17.6. The van der Waals surface area contributed by atoms with Crippen LogP contribution in [-0.4, -0.2) is 35.6 Å². The molecule has 0 saturated heterocycles. The Labute approximate surface area is 104 Å². The summed E-state index contributed by atoms with van der Waals surface area (Å²) in [4.78, 5) is 12.4. The van der Waals surface area contributed by atoms with E-state index in [1.807, 2.05) is 18.7 Å². The molecular weight excluding hydrogens is 216 g/mol. The van der Waals surface area contributed by atoms with Crippen LogP contribution in [0, 0.1) is 16.7 Å². The van der Waals surface area contributed by atoms with Gasteiger partial charge in [-0.15, -0.1) is 6.58 Å². The highest BCUT2D eigenvalue weighted by Crippen LogP contribution is 2.21. The van der Waals surface area contributed by atoms with Crippen LogP contribution in [0.2, 0.25) is 0 Å². The van der Waals surface area contributed by atoms with E-state index >= 15 is 0 Å². The van der Waals surface area contributed by atoms with Crippen molar-refractivity contribution in [1.82, 2.24) is 4.90 Å². The maximum Gasteiger partial charge on any atom is 0.317 e. The Morgan fingerprint density at radius 2 is 2.18 bits per heavy atom. The van der Waals surface area contributed by atoms with Crippen molar-refractivity contribution in [3.63, 3.8) is 0 Å². The van der Waals surface area contributed by atoms with Crippen LogP contribution in [0.4, 0.5) is 0 Å². The van der Waals surface area contributed by atoms with Gasteiger partial charge in [0, 0.05) is 6.54 Å². The molecule has 0 aromatic heterocycles. The Balaban J connectivity index is 3.86. The van der Waals surface area contributed by atoms with Crippen molar-refractivity contribution in [2.75, 3.05) is 19.6 Å². The van der Waals surface area contributed by atoms with Gasteiger partial charge in [0.2, 0.25) is 0 Å². The zero-order valence-electron chi connectivity index (χ0n) is 10.8. The van der Waals surface area contributed by atoms with E-state index in [9.17, 15) is 4.79 Å². The lowest BCUT2D eigenvalue weighted by atomic mass is 9.89. The monoisotopic (exact) mass is 238 g/mol. The molecule has 4 nitrogen and oxygen atoms in total. The Morgan fingerprint density at radius 3 is 2.65 bits per heavy atom. The first kappa shape index (κ1) is 15.7. The van der Waals surface area contributed by atoms with Gasteiger partial charge in [-0.05, 0) is 33.2 Å². The first-order chi connectivity index (χ1) is 7.91. The molecule has 0 unspecified atom stereocenters. The highest BCUT2D eigenvalue weighted by molar-refractivity contribution is 5.69. The lowest BCUT2D eigenvalue weighted by molar-refractivity contribution is -0.138. The van der Waals surface area contributed by atoms with Crippen LogP contribution < -0.4 is 0 Å². The second-order valence-electron chi connectivity index (χ2n) is 4.87. The quantitative estimate of drug-likeness (QED) is 0.494. The number of unbranched alkanes of at least 4 members (excludes halogenated alkanes) is 1. The van der Waals surface area contributed by atoms with Crippen LogP contribution in [-0.2, 0) is 4.79 Å². The summed E-state index contributed by atoms with van der Waals surface area (Å²) in [5.41, 5.74) is -0.282. The summed E-state index contributed by atoms with van der Waals surface area (Å²) in [6.07, 6.45) is 4.40. The summed E-state index contributed by atoms with van der Waals surface area (Å²) in [6.45, 7) is 8.83. The van der Waals surface area contributed by atoms with Gasteiger partial charge in [0.1, 0.15) is 0 Å². The van der Waals surface area contributed by atoms with Crippen LogP contribution in [0.25, 0.3) is 0 Å². The predicted molar refractivity (Wildman–Crippen MR) is 67.5 cm³/mol. The fourth-order valence-electron chi connectivity index (χ4n) is 1.57. The summed E-state index contributed by atoms with van der Waals surface area (Å²) >= 11 is 0. The lowest BCUT2D eigenvalue weighted by Crippen LogP contribution is -2.31. The summed E-state index contributed by atoms with van der Waals surface area (Å²) in [6, 6.07) is 2.26. The molecule has 17 heavy (non-hydrogen) atoms. The highest BCUT2D eigenvalue weighted by atomic mass is 16.4. The van der Waals surface area contributed by atoms with Crippen molar-refractivity contribution in [2.24, 2.45) is 5.41 Å². The molecule has 0 spiro atoms. The van der Waals surface area contributed by atoms with Crippen molar-refractivity contribution in [3.05, 3.63) is 12.7 Å². The third kappa shape index (κ3) is 8.47. The number of hydrogen-bond acceptors (Lipinski definition) is 3. The van der Waals surface area contributed by atoms with E-state index in [0.29, 0.717) is 6.54 Å². The van der Waals surface area contributed by atoms with Crippen molar-refractivity contribution in [3.8, 4) is 6.07 Å². The van der Waals surface area contributed by atoms with Gasteiger partial charge in [0.15, 0.2) is 0 Å². The maximum absolute atomic E-state index is 10.6. The topological polar surface area (TPSA) is 64.3 Å². The smallest absolute Gasteiger partial charge is 0.317 e. The van der Waals surface area contributed by atoms with Crippen molar-refractivity contribution in [1.29, 1.82) is 5.26 Å². The van der Waals surface area contributed by atoms with E-state index in [4.69, 9.17) is 10.4 Å². The van der Waals surface area contributed by atoms with Crippen LogP contribution >= 0.6 is 0 Å². The SMILES string of the molecule is C=CCN(CCCCC(C)(C)C#N)CC(=O)O. The molecule has 96 valence electrons. The number of carboxylic acid groups (broad SMARTS) is 1. The van der Waals surface area contributed by atoms with Crippen LogP contribution in [0.1, 0.15) is 33.1 Å². The number of rotatable bonds is 9. The molecule has 0 saturated carbocycles. The molecule has 0 rings (SSSR count). The normalized spacial score (nSPS) is 11.2. The number of nitrogens with zero attached hydrogens (tertiary/aromatic N) is 2. The average Bonchev–Trinajstić information content (AvgIpc) is 2.24. The molecule has 0 heterocycles. The van der Waals surface area contributed by atoms with Crippen LogP contribution in [0.5, 0.6) is 0 Å². The predicted octanol–water partition coefficient (Wildman–Crippen LogP) is 2.28. The average molecular weight is 238 g/mol. The van der Waals surface area contributed by atoms with E-state index in [-0.39, 0.29) is 12.0 Å². The van der Waals surface area contributed by atoms with Gasteiger partial charge in [-0.1, -0.05) is 12.5 Å². The fraction of sp³-hybridized carbons (Fsp3) is 0.692. The maximum atomic E-state index is 10.6. The fourth-order valence-corrected chi connectivity index (χ4v) is 1.57. The third-order valence-electron chi connectivity index (χ3n) is 2.57. The van der Waals surface area contributed by atoms with Crippen molar-refractivity contribution in [2.45, 2.75) is 33.1 Å². The van der Waals surface area contributed by atoms with Crippen LogP contribution in [0.15, 0.2) is 12.7 Å². The second kappa shape index (κ2) is 7.86. The number of nitriles is 1. The van der Waals surface area contributed by atoms with Gasteiger partial charge in [0.25, 0.3) is 0 Å². The molecule has 0 atom stereocenters. The molecule has 1 N–H and O–H groups in total. The molecule has 0 amide bonds. The highest BCUT2D eigenvalue weighted by Gasteiger charge is 2.16. The zero-order chi connectivity index (χ0) is 13.3. The lowest BCUT2D eigenvalue weighted by Gasteiger charge is -2.19. The molecule has 0 aromatic rings. The summed E-state index contributed by atoms with van der Waals surface area (Å²) in [7, 11) is 0. The Hall–Kier alpha value is -1.34. The van der Waals surface area contributed by atoms with E-state index < -0.39 is 5.97 Å². The van der Waals surface area contributed by atoms with E-state index in [2.05, 4.69) is 12.6 Å². The number of carboxylic acids is 1. The second-order valence-corrected chi connectivity index (χ2v) is 4.87. The van der Waals surface area contributed by atoms with Gasteiger partial charge in [-0.25, -0.2) is 0 Å². The number of aliphatic carboxylic acids is 1. The van der Waals surface area contributed by atoms with Crippen LogP contribution in [0.3, 0.4) is 0 Å². The number of carbonyl (C=O) groups is 1. The van der Waals surface area contributed by atoms with E-state index in [1.54, 1.807) is 6.08 Å². The molecule has 0 radical (unpaired) electrons. The summed E-state index contributed by atoms with van der Waals surface area (Å²) < 4.78 is 0. The Morgan fingerprint density at radius 1 is 1.53 bits per heavy atom. The van der Waals surface area contributed by atoms with Gasteiger partial charge in [-0.2, -0.15) is 5.26 Å². The van der Waals surface area contributed by atoms with E-state index in [1.165, 1.54) is 0 Å². The van der Waals surface area contributed by atoms with Gasteiger partial charge in [-0.3, -0.25) is 9.69 Å². The minimum Gasteiger partial charge on any atom is -0.480 e. The molecule has 0 fully saturated rings. The van der Waals surface area contributed by atoms with Gasteiger partial charge in [0.05, 0.1) is 18.0 Å². The Bertz CT molecular complexity index is 292. The first-order valence-corrected chi connectivity index (χ1v) is 5.87. The van der Waals surface area contributed by atoms with Crippen molar-refractivity contribution >= 4 is 5.97 Å². The van der Waals surface area contributed by atoms with Gasteiger partial charge < -0.3 is 5.11 Å². The molecule has 0 aliphatic carbocycles. The van der Waals surface area contributed by atoms with Gasteiger partial charge >= 0.3 is 5.97 Å². The Kier molecular flexibility index (Phi) is 7.24. The zero-order valence-corrected chi connectivity index (χ0v) is 10.8. The molecule has 4 heteroatoms. The van der Waals surface area contributed by atoms with E-state index in [0.717, 1.165) is 25.8 Å². The van der Waals surface area contributed by atoms with Crippen molar-refractivity contribution < 1.29 is 9.90 Å². The molecule has 0 aliphatic rings.